The van der Waals surface area contributed by atoms with Gasteiger partial charge in [-0.15, -0.1) is 0 Å². The monoisotopic (exact) mass is 186 g/mol. The number of hydrogen-bond acceptors (Lipinski definition) is 2. The van der Waals surface area contributed by atoms with Gasteiger partial charge in [0, 0.05) is 18.2 Å². The second kappa shape index (κ2) is 3.37. The van der Waals surface area contributed by atoms with Crippen LogP contribution < -0.4 is 0 Å². The highest BCUT2D eigenvalue weighted by Gasteiger charge is 2.17. The van der Waals surface area contributed by atoms with Gasteiger partial charge in [-0.05, 0) is 26.3 Å². The van der Waals surface area contributed by atoms with Crippen molar-refractivity contribution in [2.24, 2.45) is 0 Å². The number of rotatable bonds is 1. The number of aromatic nitrogens is 2. The van der Waals surface area contributed by atoms with Crippen molar-refractivity contribution < 1.29 is 0 Å². The maximum Gasteiger partial charge on any atom is 0.115 e. The molecular formula is C12H14N2. The maximum atomic E-state index is 4.29. The Labute approximate surface area is 84.4 Å². The minimum absolute atomic E-state index is 0.969. The molecule has 0 radical (unpaired) electrons. The molecule has 1 aliphatic carbocycles. The van der Waals surface area contributed by atoms with Gasteiger partial charge in [-0.2, -0.15) is 0 Å². The predicted molar refractivity (Wildman–Crippen MR) is 57.8 cm³/mol. The van der Waals surface area contributed by atoms with Gasteiger partial charge in [0.05, 0.1) is 5.69 Å². The van der Waals surface area contributed by atoms with Crippen LogP contribution in [0.1, 0.15) is 32.0 Å². The third-order valence-corrected chi connectivity index (χ3v) is 2.41. The topological polar surface area (TPSA) is 25.8 Å². The lowest BCUT2D eigenvalue weighted by Gasteiger charge is -2.00. The molecule has 0 fully saturated rings. The van der Waals surface area contributed by atoms with Crippen LogP contribution in [-0.2, 0) is 6.42 Å². The van der Waals surface area contributed by atoms with Crippen LogP contribution in [0.4, 0.5) is 0 Å². The first kappa shape index (κ1) is 9.13. The largest absolute Gasteiger partial charge is 0.244 e. The Bertz CT molecular complexity index is 424. The van der Waals surface area contributed by atoms with Gasteiger partial charge in [-0.25, -0.2) is 9.97 Å². The summed E-state index contributed by atoms with van der Waals surface area (Å²) < 4.78 is 0. The van der Waals surface area contributed by atoms with Gasteiger partial charge >= 0.3 is 0 Å². The van der Waals surface area contributed by atoms with E-state index in [0.717, 1.165) is 12.1 Å². The molecule has 0 saturated carbocycles. The standard InChI is InChI=1S/C12H14N2/c1-8(2)4-10-9(3)5-12-11(10)6-13-7-14-12/h4,6-7H,5H2,1-3H3. The van der Waals surface area contributed by atoms with Gasteiger partial charge in [-0.3, -0.25) is 0 Å². The minimum Gasteiger partial charge on any atom is -0.244 e. The van der Waals surface area contributed by atoms with Gasteiger partial charge in [-0.1, -0.05) is 17.2 Å². The van der Waals surface area contributed by atoms with Crippen molar-refractivity contribution in [2.45, 2.75) is 27.2 Å². The van der Waals surface area contributed by atoms with Gasteiger partial charge in [0.2, 0.25) is 0 Å². The molecule has 1 aromatic heterocycles. The summed E-state index contributed by atoms with van der Waals surface area (Å²) in [6.45, 7) is 6.39. The Morgan fingerprint density at radius 1 is 1.43 bits per heavy atom. The van der Waals surface area contributed by atoms with Crippen LogP contribution in [0.2, 0.25) is 0 Å². The van der Waals surface area contributed by atoms with Crippen molar-refractivity contribution in [1.82, 2.24) is 9.97 Å². The lowest BCUT2D eigenvalue weighted by Crippen LogP contribution is -1.89. The highest BCUT2D eigenvalue weighted by atomic mass is 14.8. The summed E-state index contributed by atoms with van der Waals surface area (Å²) in [6.07, 6.45) is 6.71. The molecule has 0 atom stereocenters. The van der Waals surface area contributed by atoms with E-state index >= 15 is 0 Å². The number of hydrogen-bond donors (Lipinski definition) is 0. The van der Waals surface area contributed by atoms with Crippen molar-refractivity contribution in [1.29, 1.82) is 0 Å². The summed E-state index contributed by atoms with van der Waals surface area (Å²) >= 11 is 0. The van der Waals surface area contributed by atoms with Crippen LogP contribution in [0.15, 0.2) is 29.7 Å². The van der Waals surface area contributed by atoms with Gasteiger partial charge in [0.25, 0.3) is 0 Å². The molecule has 0 aromatic carbocycles. The molecule has 1 aliphatic rings. The highest BCUT2D eigenvalue weighted by Crippen LogP contribution is 2.31. The SMILES string of the molecule is CC(C)=CC1=C(C)Cc2ncncc21. The molecule has 0 saturated heterocycles. The van der Waals surface area contributed by atoms with Crippen molar-refractivity contribution in [2.75, 3.05) is 0 Å². The molecule has 1 aromatic rings. The molecule has 2 rings (SSSR count). The molecule has 72 valence electrons. The third kappa shape index (κ3) is 1.48. The lowest BCUT2D eigenvalue weighted by atomic mass is 10.1. The summed E-state index contributed by atoms with van der Waals surface area (Å²) in [6, 6.07) is 0. The number of fused-ring (bicyclic) bond motifs is 1. The smallest absolute Gasteiger partial charge is 0.115 e. The van der Waals surface area contributed by atoms with E-state index in [-0.39, 0.29) is 0 Å². The summed E-state index contributed by atoms with van der Waals surface area (Å²) in [5, 5.41) is 0. The Morgan fingerprint density at radius 3 is 2.93 bits per heavy atom. The zero-order valence-electron chi connectivity index (χ0n) is 8.83. The quantitative estimate of drug-likeness (QED) is 0.674. The van der Waals surface area contributed by atoms with E-state index in [1.807, 2.05) is 6.20 Å². The molecule has 0 unspecified atom stereocenters. The van der Waals surface area contributed by atoms with Crippen LogP contribution in [-0.4, -0.2) is 9.97 Å². The zero-order chi connectivity index (χ0) is 10.1. The Balaban J connectivity index is 2.51. The fourth-order valence-corrected chi connectivity index (χ4v) is 1.79. The number of nitrogens with zero attached hydrogens (tertiary/aromatic N) is 2. The molecular weight excluding hydrogens is 172 g/mol. The Hall–Kier alpha value is -1.44. The summed E-state index contributed by atoms with van der Waals surface area (Å²) in [4.78, 5) is 8.36. The maximum absolute atomic E-state index is 4.29. The van der Waals surface area contributed by atoms with Crippen LogP contribution in [0.3, 0.4) is 0 Å². The normalized spacial score (nSPS) is 14.2. The zero-order valence-corrected chi connectivity index (χ0v) is 8.83. The van der Waals surface area contributed by atoms with Gasteiger partial charge < -0.3 is 0 Å². The molecule has 2 heteroatoms. The predicted octanol–water partition coefficient (Wildman–Crippen LogP) is 2.77. The molecule has 0 bridgehead atoms. The first-order valence-corrected chi connectivity index (χ1v) is 4.82. The summed E-state index contributed by atoms with van der Waals surface area (Å²) in [5.41, 5.74) is 6.37. The first-order chi connectivity index (χ1) is 6.68. The number of allylic oxidation sites excluding steroid dienone is 4. The highest BCUT2D eigenvalue weighted by molar-refractivity contribution is 5.81. The van der Waals surface area contributed by atoms with E-state index in [0.29, 0.717) is 0 Å². The fourth-order valence-electron chi connectivity index (χ4n) is 1.79. The van der Waals surface area contributed by atoms with Crippen LogP contribution in [0.25, 0.3) is 5.57 Å². The Kier molecular flexibility index (Phi) is 2.20. The first-order valence-electron chi connectivity index (χ1n) is 4.82. The van der Waals surface area contributed by atoms with E-state index in [4.69, 9.17) is 0 Å². The van der Waals surface area contributed by atoms with Crippen molar-refractivity contribution in [3.8, 4) is 0 Å². The minimum atomic E-state index is 0.969. The molecule has 0 spiro atoms. The average Bonchev–Trinajstić information content (AvgIpc) is 2.43. The summed E-state index contributed by atoms with van der Waals surface area (Å²) in [7, 11) is 0. The Morgan fingerprint density at radius 2 is 2.21 bits per heavy atom. The van der Waals surface area contributed by atoms with Crippen molar-refractivity contribution in [3.05, 3.63) is 41.0 Å². The van der Waals surface area contributed by atoms with Crippen LogP contribution in [0, 0.1) is 0 Å². The molecule has 0 amide bonds. The second-order valence-electron chi connectivity index (χ2n) is 3.98. The van der Waals surface area contributed by atoms with Crippen LogP contribution >= 0.6 is 0 Å². The molecule has 14 heavy (non-hydrogen) atoms. The molecule has 0 N–H and O–H groups in total. The fraction of sp³-hybridized carbons (Fsp3) is 0.333. The van der Waals surface area contributed by atoms with Crippen LogP contribution in [0.5, 0.6) is 0 Å². The molecule has 2 nitrogen and oxygen atoms in total. The van der Waals surface area contributed by atoms with Gasteiger partial charge in [0.15, 0.2) is 0 Å². The summed E-state index contributed by atoms with van der Waals surface area (Å²) in [5.74, 6) is 0. The van der Waals surface area contributed by atoms with Crippen molar-refractivity contribution in [3.63, 3.8) is 0 Å². The van der Waals surface area contributed by atoms with E-state index in [1.54, 1.807) is 6.33 Å². The van der Waals surface area contributed by atoms with E-state index < -0.39 is 0 Å². The van der Waals surface area contributed by atoms with Crippen molar-refractivity contribution >= 4 is 5.57 Å². The second-order valence-corrected chi connectivity index (χ2v) is 3.98. The van der Waals surface area contributed by atoms with E-state index in [9.17, 15) is 0 Å². The third-order valence-electron chi connectivity index (χ3n) is 2.41. The average molecular weight is 186 g/mol. The van der Waals surface area contributed by atoms with Gasteiger partial charge in [0.1, 0.15) is 6.33 Å². The lowest BCUT2D eigenvalue weighted by molar-refractivity contribution is 1.03. The molecule has 1 heterocycles. The molecule has 0 aliphatic heterocycles. The van der Waals surface area contributed by atoms with E-state index in [2.05, 4.69) is 36.8 Å². The van der Waals surface area contributed by atoms with E-state index in [1.165, 1.54) is 22.3 Å².